The van der Waals surface area contributed by atoms with Crippen LogP contribution in [0.15, 0.2) is 65.1 Å². The summed E-state index contributed by atoms with van der Waals surface area (Å²) < 4.78 is 1.48. The highest BCUT2D eigenvalue weighted by atomic mass is 35.5. The average Bonchev–Trinajstić information content (AvgIpc) is 3.04. The summed E-state index contributed by atoms with van der Waals surface area (Å²) >= 11 is 11.7. The van der Waals surface area contributed by atoms with Crippen molar-refractivity contribution in [3.05, 3.63) is 76.0 Å². The van der Waals surface area contributed by atoms with Crippen molar-refractivity contribution in [3.63, 3.8) is 0 Å². The molecule has 0 bridgehead atoms. The van der Waals surface area contributed by atoms with Crippen LogP contribution in [0.25, 0.3) is 0 Å². The Morgan fingerprint density at radius 2 is 1.46 bits per heavy atom. The molecule has 1 N–H and O–H groups in total. The van der Waals surface area contributed by atoms with Gasteiger partial charge in [0.15, 0.2) is 0 Å². The summed E-state index contributed by atoms with van der Waals surface area (Å²) in [6, 6.07) is 14.6. The van der Waals surface area contributed by atoms with Crippen molar-refractivity contribution in [1.82, 2.24) is 14.9 Å². The third-order valence-corrected chi connectivity index (χ3v) is 3.48. The number of hydrogen-bond acceptors (Lipinski definition) is 5. The quantitative estimate of drug-likeness (QED) is 0.555. The summed E-state index contributed by atoms with van der Waals surface area (Å²) in [5.41, 5.74) is 4.60. The van der Waals surface area contributed by atoms with Gasteiger partial charge in [-0.05, 0) is 35.4 Å². The molecule has 0 radical (unpaired) electrons. The molecule has 0 fully saturated rings. The monoisotopic (exact) mass is 358 g/mol. The fourth-order valence-electron chi connectivity index (χ4n) is 1.78. The van der Waals surface area contributed by atoms with E-state index in [1.807, 2.05) is 24.3 Å². The van der Waals surface area contributed by atoms with E-state index >= 15 is 0 Å². The average molecular weight is 359 g/mol. The minimum Gasteiger partial charge on any atom is -0.244 e. The van der Waals surface area contributed by atoms with Crippen LogP contribution >= 0.6 is 23.2 Å². The Hall–Kier alpha value is -2.70. The van der Waals surface area contributed by atoms with Crippen LogP contribution in [0, 0.1) is 0 Å². The molecule has 0 amide bonds. The Morgan fingerprint density at radius 3 is 2.08 bits per heavy atom. The topological polar surface area (TPSA) is 67.5 Å². The molecule has 1 aromatic heterocycles. The van der Waals surface area contributed by atoms with Gasteiger partial charge in [-0.1, -0.05) is 47.5 Å². The Kier molecular flexibility index (Phi) is 5.20. The van der Waals surface area contributed by atoms with Gasteiger partial charge in [0.05, 0.1) is 12.4 Å². The molecule has 24 heavy (non-hydrogen) atoms. The lowest BCUT2D eigenvalue weighted by Crippen LogP contribution is -1.99. The largest absolute Gasteiger partial charge is 0.265 e. The molecule has 0 aliphatic carbocycles. The van der Waals surface area contributed by atoms with Gasteiger partial charge in [0.25, 0.3) is 5.95 Å². The number of nitrogens with one attached hydrogen (secondary N) is 1. The van der Waals surface area contributed by atoms with Gasteiger partial charge < -0.3 is 0 Å². The van der Waals surface area contributed by atoms with Gasteiger partial charge in [0.1, 0.15) is 6.33 Å². The van der Waals surface area contributed by atoms with Crippen molar-refractivity contribution in [2.24, 2.45) is 10.2 Å². The van der Waals surface area contributed by atoms with E-state index in [0.29, 0.717) is 16.0 Å². The van der Waals surface area contributed by atoms with Crippen molar-refractivity contribution in [2.75, 3.05) is 5.43 Å². The lowest BCUT2D eigenvalue weighted by atomic mass is 10.2. The molecule has 0 aliphatic rings. The summed E-state index contributed by atoms with van der Waals surface area (Å²) in [7, 11) is 0. The molecule has 0 unspecified atom stereocenters. The number of aromatic nitrogens is 3. The molecule has 3 aromatic rings. The van der Waals surface area contributed by atoms with Crippen molar-refractivity contribution >= 4 is 41.6 Å². The Bertz CT molecular complexity index is 853. The first kappa shape index (κ1) is 16.2. The maximum Gasteiger partial charge on any atom is 0.265 e. The second-order valence-electron chi connectivity index (χ2n) is 4.72. The van der Waals surface area contributed by atoms with Gasteiger partial charge in [-0.15, -0.1) is 10.2 Å². The highest BCUT2D eigenvalue weighted by molar-refractivity contribution is 6.30. The zero-order chi connectivity index (χ0) is 16.8. The van der Waals surface area contributed by atoms with Crippen LogP contribution in [0.1, 0.15) is 11.1 Å². The normalized spacial score (nSPS) is 11.4. The molecule has 6 nitrogen and oxygen atoms in total. The number of hydrazone groups is 1. The second-order valence-corrected chi connectivity index (χ2v) is 5.59. The van der Waals surface area contributed by atoms with Crippen LogP contribution in [0.3, 0.4) is 0 Å². The number of hydrogen-bond donors (Lipinski definition) is 1. The first-order valence-electron chi connectivity index (χ1n) is 6.95. The fourth-order valence-corrected chi connectivity index (χ4v) is 2.03. The van der Waals surface area contributed by atoms with Gasteiger partial charge in [-0.25, -0.2) is 5.43 Å². The third kappa shape index (κ3) is 4.41. The predicted molar refractivity (Wildman–Crippen MR) is 97.1 cm³/mol. The summed E-state index contributed by atoms with van der Waals surface area (Å²) in [4.78, 5) is 0. The predicted octanol–water partition coefficient (Wildman–Crippen LogP) is 3.91. The summed E-state index contributed by atoms with van der Waals surface area (Å²) in [5.74, 6) is 0.394. The van der Waals surface area contributed by atoms with E-state index in [0.717, 1.165) is 11.1 Å². The molecular weight excluding hydrogens is 347 g/mol. The molecule has 8 heteroatoms. The van der Waals surface area contributed by atoms with Crippen molar-refractivity contribution in [3.8, 4) is 0 Å². The van der Waals surface area contributed by atoms with E-state index in [1.165, 1.54) is 11.0 Å². The van der Waals surface area contributed by atoms with E-state index in [2.05, 4.69) is 25.8 Å². The van der Waals surface area contributed by atoms with Crippen molar-refractivity contribution < 1.29 is 0 Å². The smallest absolute Gasteiger partial charge is 0.244 e. The minimum absolute atomic E-state index is 0.394. The minimum atomic E-state index is 0.394. The molecule has 2 aromatic carbocycles. The van der Waals surface area contributed by atoms with E-state index in [-0.39, 0.29) is 0 Å². The van der Waals surface area contributed by atoms with Crippen molar-refractivity contribution in [1.29, 1.82) is 0 Å². The van der Waals surface area contributed by atoms with Crippen molar-refractivity contribution in [2.45, 2.75) is 0 Å². The molecule has 3 rings (SSSR count). The molecule has 0 atom stereocenters. The Balaban J connectivity index is 1.66. The SMILES string of the molecule is Clc1ccc(/C=N\Nc2nncn2/N=C\c2ccc(Cl)cc2)cc1. The number of nitrogens with zero attached hydrogens (tertiary/aromatic N) is 5. The number of halogens is 2. The maximum absolute atomic E-state index is 5.85. The number of anilines is 1. The first-order valence-corrected chi connectivity index (χ1v) is 7.71. The second kappa shape index (κ2) is 7.72. The Morgan fingerprint density at radius 1 is 0.875 bits per heavy atom. The Labute approximate surface area is 148 Å². The fraction of sp³-hybridized carbons (Fsp3) is 0. The zero-order valence-corrected chi connectivity index (χ0v) is 13.9. The van der Waals surface area contributed by atoms with Crippen LogP contribution in [-0.2, 0) is 0 Å². The van der Waals surface area contributed by atoms with Crippen LogP contribution in [0.2, 0.25) is 10.0 Å². The van der Waals surface area contributed by atoms with E-state index < -0.39 is 0 Å². The van der Waals surface area contributed by atoms with E-state index in [4.69, 9.17) is 23.2 Å². The van der Waals surface area contributed by atoms with Crippen LogP contribution in [0.4, 0.5) is 5.95 Å². The van der Waals surface area contributed by atoms with Gasteiger partial charge in [0, 0.05) is 10.0 Å². The molecular formula is C16H12Cl2N6. The zero-order valence-electron chi connectivity index (χ0n) is 12.3. The highest BCUT2D eigenvalue weighted by Gasteiger charge is 2.00. The van der Waals surface area contributed by atoms with Crippen LogP contribution in [-0.4, -0.2) is 27.3 Å². The van der Waals surface area contributed by atoms with E-state index in [1.54, 1.807) is 36.7 Å². The van der Waals surface area contributed by atoms with Crippen LogP contribution < -0.4 is 5.43 Å². The summed E-state index contributed by atoms with van der Waals surface area (Å²) in [6.07, 6.45) is 4.80. The lowest BCUT2D eigenvalue weighted by Gasteiger charge is -1.99. The van der Waals surface area contributed by atoms with Gasteiger partial charge >= 0.3 is 0 Å². The number of benzene rings is 2. The molecule has 0 spiro atoms. The van der Waals surface area contributed by atoms with Crippen LogP contribution in [0.5, 0.6) is 0 Å². The third-order valence-electron chi connectivity index (χ3n) is 2.98. The molecule has 1 heterocycles. The summed E-state index contributed by atoms with van der Waals surface area (Å²) in [6.45, 7) is 0. The standard InChI is InChI=1S/C16H12Cl2N6/c17-14-5-1-12(2-6-14)9-19-22-16-23-20-11-24(16)21-10-13-3-7-15(18)8-4-13/h1-11H,(H,22,23)/b19-9-,21-10-. The summed E-state index contributed by atoms with van der Waals surface area (Å²) in [5, 5.41) is 17.5. The van der Waals surface area contributed by atoms with Gasteiger partial charge in [-0.2, -0.15) is 14.9 Å². The number of rotatable bonds is 5. The van der Waals surface area contributed by atoms with E-state index in [9.17, 15) is 0 Å². The first-order chi connectivity index (χ1) is 11.7. The van der Waals surface area contributed by atoms with Gasteiger partial charge in [-0.3, -0.25) is 0 Å². The molecule has 120 valence electrons. The lowest BCUT2D eigenvalue weighted by molar-refractivity contribution is 0.879. The van der Waals surface area contributed by atoms with Gasteiger partial charge in [0.2, 0.25) is 0 Å². The maximum atomic E-state index is 5.85. The highest BCUT2D eigenvalue weighted by Crippen LogP contribution is 2.09. The molecule has 0 saturated heterocycles. The molecule has 0 saturated carbocycles. The molecule has 0 aliphatic heterocycles.